The quantitative estimate of drug-likeness (QED) is 0.352. The van der Waals surface area contributed by atoms with Gasteiger partial charge in [-0.3, -0.25) is 4.79 Å². The standard InChI is InChI=1S/C28H29FN4OS/c1-18-9-11-21-25(30)26(35-28(21)32-18)27(34)31-14-13-19-10-12-24(33-15-5-2-6-16-33)22(17-19)20-7-3-4-8-23(20)29/h3-4,7-12,17H,2,5-6,13-16,30H2,1H3,(H,31,34). The van der Waals surface area contributed by atoms with Crippen molar-refractivity contribution in [3.05, 3.63) is 76.5 Å². The van der Waals surface area contributed by atoms with Crippen LogP contribution >= 0.6 is 11.3 Å². The molecule has 0 aliphatic carbocycles. The van der Waals surface area contributed by atoms with Crippen LogP contribution in [0.25, 0.3) is 21.3 Å². The second kappa shape index (κ2) is 10.0. The lowest BCUT2D eigenvalue weighted by molar-refractivity contribution is 0.0959. The third kappa shape index (κ3) is 4.86. The van der Waals surface area contributed by atoms with E-state index in [1.54, 1.807) is 6.07 Å². The van der Waals surface area contributed by atoms with Gasteiger partial charge in [0.1, 0.15) is 15.5 Å². The lowest BCUT2D eigenvalue weighted by Crippen LogP contribution is -2.30. The number of halogens is 1. The van der Waals surface area contributed by atoms with Crippen LogP contribution < -0.4 is 16.0 Å². The van der Waals surface area contributed by atoms with Gasteiger partial charge in [-0.25, -0.2) is 9.37 Å². The Morgan fingerprint density at radius 2 is 1.89 bits per heavy atom. The van der Waals surface area contributed by atoms with E-state index in [2.05, 4.69) is 33.4 Å². The number of benzene rings is 2. The molecule has 3 heterocycles. The van der Waals surface area contributed by atoms with E-state index in [0.717, 1.165) is 58.7 Å². The van der Waals surface area contributed by atoms with Crippen molar-refractivity contribution in [3.8, 4) is 11.1 Å². The van der Waals surface area contributed by atoms with Crippen LogP contribution in [0, 0.1) is 12.7 Å². The SMILES string of the molecule is Cc1ccc2c(N)c(C(=O)NCCc3ccc(N4CCCCC4)c(-c4ccccc4F)c3)sc2n1. The van der Waals surface area contributed by atoms with Gasteiger partial charge in [-0.15, -0.1) is 11.3 Å². The number of nitrogens with two attached hydrogens (primary N) is 1. The van der Waals surface area contributed by atoms with Gasteiger partial charge in [0.05, 0.1) is 5.69 Å². The molecule has 5 nitrogen and oxygen atoms in total. The highest BCUT2D eigenvalue weighted by atomic mass is 32.1. The van der Waals surface area contributed by atoms with Gasteiger partial charge in [-0.1, -0.05) is 24.3 Å². The Morgan fingerprint density at radius 3 is 2.69 bits per heavy atom. The summed E-state index contributed by atoms with van der Waals surface area (Å²) < 4.78 is 14.8. The fourth-order valence-corrected chi connectivity index (χ4v) is 5.76. The van der Waals surface area contributed by atoms with Crippen LogP contribution in [0.3, 0.4) is 0 Å². The molecule has 1 amide bonds. The average Bonchev–Trinajstić information content (AvgIpc) is 3.20. The average molecular weight is 489 g/mol. The van der Waals surface area contributed by atoms with Crippen molar-refractivity contribution >= 4 is 38.8 Å². The smallest absolute Gasteiger partial charge is 0.263 e. The molecule has 5 rings (SSSR count). The number of hydrogen-bond acceptors (Lipinski definition) is 5. The largest absolute Gasteiger partial charge is 0.397 e. The minimum Gasteiger partial charge on any atom is -0.397 e. The van der Waals surface area contributed by atoms with Crippen LogP contribution in [0.2, 0.25) is 0 Å². The van der Waals surface area contributed by atoms with E-state index in [1.807, 2.05) is 31.2 Å². The number of thiophene rings is 1. The molecule has 0 saturated carbocycles. The number of carbonyl (C=O) groups excluding carboxylic acids is 1. The minimum absolute atomic E-state index is 0.192. The highest BCUT2D eigenvalue weighted by molar-refractivity contribution is 7.21. The lowest BCUT2D eigenvalue weighted by atomic mass is 9.97. The molecule has 0 spiro atoms. The molecule has 0 bridgehead atoms. The second-order valence-electron chi connectivity index (χ2n) is 9.04. The van der Waals surface area contributed by atoms with Crippen molar-refractivity contribution in [2.24, 2.45) is 0 Å². The summed E-state index contributed by atoms with van der Waals surface area (Å²) >= 11 is 1.32. The van der Waals surface area contributed by atoms with Crippen LogP contribution in [0.4, 0.5) is 15.8 Å². The maximum Gasteiger partial charge on any atom is 0.263 e. The highest BCUT2D eigenvalue weighted by Crippen LogP contribution is 2.35. The summed E-state index contributed by atoms with van der Waals surface area (Å²) in [7, 11) is 0. The van der Waals surface area contributed by atoms with Gasteiger partial charge < -0.3 is 16.0 Å². The van der Waals surface area contributed by atoms with Crippen molar-refractivity contribution < 1.29 is 9.18 Å². The number of nitrogen functional groups attached to an aromatic ring is 1. The molecular weight excluding hydrogens is 459 g/mol. The fourth-order valence-electron chi connectivity index (χ4n) is 4.70. The van der Waals surface area contributed by atoms with E-state index in [9.17, 15) is 9.18 Å². The molecule has 4 aromatic rings. The third-order valence-corrected chi connectivity index (χ3v) is 7.67. The minimum atomic E-state index is -0.222. The summed E-state index contributed by atoms with van der Waals surface area (Å²) in [6.07, 6.45) is 4.18. The number of nitrogens with zero attached hydrogens (tertiary/aromatic N) is 2. The Balaban J connectivity index is 1.34. The monoisotopic (exact) mass is 488 g/mol. The molecule has 2 aromatic heterocycles. The molecule has 1 saturated heterocycles. The number of piperidine rings is 1. The van der Waals surface area contributed by atoms with Gasteiger partial charge in [0, 0.05) is 47.5 Å². The topological polar surface area (TPSA) is 71.2 Å². The number of amides is 1. The van der Waals surface area contributed by atoms with Crippen LogP contribution in [0.1, 0.15) is 40.2 Å². The van der Waals surface area contributed by atoms with Gasteiger partial charge in [0.25, 0.3) is 5.91 Å². The van der Waals surface area contributed by atoms with Crippen molar-refractivity contribution in [1.82, 2.24) is 10.3 Å². The second-order valence-corrected chi connectivity index (χ2v) is 10.0. The molecule has 2 aromatic carbocycles. The molecule has 180 valence electrons. The molecule has 3 N–H and O–H groups in total. The molecular formula is C28H29FN4OS. The molecule has 0 radical (unpaired) electrons. The van der Waals surface area contributed by atoms with Gasteiger partial charge in [0.15, 0.2) is 0 Å². The number of carbonyl (C=O) groups is 1. The molecule has 7 heteroatoms. The Hall–Kier alpha value is -3.45. The number of fused-ring (bicyclic) bond motifs is 1. The Bertz CT molecular complexity index is 1380. The third-order valence-electron chi connectivity index (χ3n) is 6.56. The van der Waals surface area contributed by atoms with Crippen LogP contribution in [-0.4, -0.2) is 30.5 Å². The van der Waals surface area contributed by atoms with E-state index in [1.165, 1.54) is 23.8 Å². The van der Waals surface area contributed by atoms with Gasteiger partial charge >= 0.3 is 0 Å². The van der Waals surface area contributed by atoms with E-state index in [0.29, 0.717) is 29.1 Å². The molecule has 1 fully saturated rings. The summed E-state index contributed by atoms with van der Waals surface area (Å²) in [4.78, 5) is 20.9. The predicted octanol–water partition coefficient (Wildman–Crippen LogP) is 5.96. The normalized spacial score (nSPS) is 13.8. The summed E-state index contributed by atoms with van der Waals surface area (Å²) in [5.41, 5.74) is 11.2. The summed E-state index contributed by atoms with van der Waals surface area (Å²) in [5.74, 6) is -0.414. The first kappa shape index (κ1) is 23.3. The van der Waals surface area contributed by atoms with Crippen molar-refractivity contribution in [2.45, 2.75) is 32.6 Å². The number of nitrogens with one attached hydrogen (secondary N) is 1. The zero-order chi connectivity index (χ0) is 24.4. The predicted molar refractivity (Wildman–Crippen MR) is 143 cm³/mol. The first-order chi connectivity index (χ1) is 17.0. The van der Waals surface area contributed by atoms with Crippen LogP contribution in [-0.2, 0) is 6.42 Å². The fraction of sp³-hybridized carbons (Fsp3) is 0.286. The summed E-state index contributed by atoms with van der Waals surface area (Å²) in [6, 6.07) is 17.0. The molecule has 0 atom stereocenters. The zero-order valence-corrected chi connectivity index (χ0v) is 20.6. The summed E-state index contributed by atoms with van der Waals surface area (Å²) in [5, 5.41) is 3.81. The number of rotatable bonds is 6. The molecule has 0 unspecified atom stereocenters. The zero-order valence-electron chi connectivity index (χ0n) is 19.8. The highest BCUT2D eigenvalue weighted by Gasteiger charge is 2.19. The van der Waals surface area contributed by atoms with Gasteiger partial charge in [-0.05, 0) is 68.5 Å². The van der Waals surface area contributed by atoms with E-state index in [4.69, 9.17) is 5.73 Å². The number of aryl methyl sites for hydroxylation is 1. The number of pyridine rings is 1. The summed E-state index contributed by atoms with van der Waals surface area (Å²) in [6.45, 7) is 4.35. The number of hydrogen-bond donors (Lipinski definition) is 2. The maximum absolute atomic E-state index is 14.8. The molecule has 1 aliphatic rings. The number of aromatic nitrogens is 1. The van der Waals surface area contributed by atoms with Crippen molar-refractivity contribution in [1.29, 1.82) is 0 Å². The Kier molecular flexibility index (Phi) is 6.68. The van der Waals surface area contributed by atoms with Crippen molar-refractivity contribution in [3.63, 3.8) is 0 Å². The maximum atomic E-state index is 14.8. The Labute approximate surface area is 208 Å². The first-order valence-electron chi connectivity index (χ1n) is 12.1. The van der Waals surface area contributed by atoms with Crippen molar-refractivity contribution in [2.75, 3.05) is 30.3 Å². The van der Waals surface area contributed by atoms with E-state index in [-0.39, 0.29) is 11.7 Å². The molecule has 35 heavy (non-hydrogen) atoms. The van der Waals surface area contributed by atoms with E-state index < -0.39 is 0 Å². The Morgan fingerprint density at radius 1 is 1.09 bits per heavy atom. The van der Waals surface area contributed by atoms with Crippen LogP contribution in [0.5, 0.6) is 0 Å². The lowest BCUT2D eigenvalue weighted by Gasteiger charge is -2.31. The van der Waals surface area contributed by atoms with Gasteiger partial charge in [-0.2, -0.15) is 0 Å². The van der Waals surface area contributed by atoms with E-state index >= 15 is 0 Å². The number of anilines is 2. The molecule has 1 aliphatic heterocycles. The van der Waals surface area contributed by atoms with Crippen LogP contribution in [0.15, 0.2) is 54.6 Å². The van der Waals surface area contributed by atoms with Gasteiger partial charge in [0.2, 0.25) is 0 Å². The first-order valence-corrected chi connectivity index (χ1v) is 12.9.